The first-order valence-corrected chi connectivity index (χ1v) is 8.94. The zero-order valence-electron chi connectivity index (χ0n) is 15.9. The summed E-state index contributed by atoms with van der Waals surface area (Å²) in [5, 5.41) is 3.75. The van der Waals surface area contributed by atoms with Crippen LogP contribution in [-0.4, -0.2) is 28.0 Å². The molecule has 0 aliphatic heterocycles. The number of hydrogen-bond acceptors (Lipinski definition) is 6. The molecule has 144 valence electrons. The average molecular weight is 386 g/mol. The molecule has 0 atom stereocenters. The van der Waals surface area contributed by atoms with E-state index in [0.717, 1.165) is 16.7 Å². The van der Waals surface area contributed by atoms with Gasteiger partial charge in [-0.25, -0.2) is 9.97 Å². The van der Waals surface area contributed by atoms with E-state index in [-0.39, 0.29) is 11.9 Å². The fourth-order valence-electron chi connectivity index (χ4n) is 2.88. The van der Waals surface area contributed by atoms with E-state index in [1.165, 1.54) is 0 Å². The van der Waals surface area contributed by atoms with Crippen LogP contribution < -0.4 is 14.8 Å². The number of nitrogens with one attached hydrogen (secondary N) is 1. The summed E-state index contributed by atoms with van der Waals surface area (Å²) < 4.78 is 10.8. The van der Waals surface area contributed by atoms with E-state index in [4.69, 9.17) is 9.47 Å². The SMILES string of the molecule is COc1ccc2cc(C(=O)Nc3cccc(Oc4ncccn4)c3)c(C)nc2c1. The van der Waals surface area contributed by atoms with Crippen LogP contribution in [0.25, 0.3) is 10.9 Å². The minimum atomic E-state index is -0.249. The molecule has 7 nitrogen and oxygen atoms in total. The zero-order chi connectivity index (χ0) is 20.2. The van der Waals surface area contributed by atoms with Crippen LogP contribution in [0.15, 0.2) is 67.0 Å². The molecule has 0 aliphatic carbocycles. The molecule has 2 aromatic carbocycles. The second kappa shape index (κ2) is 7.93. The predicted octanol–water partition coefficient (Wildman–Crippen LogP) is 4.39. The number of amides is 1. The first-order chi connectivity index (χ1) is 14.1. The molecular weight excluding hydrogens is 368 g/mol. The van der Waals surface area contributed by atoms with Crippen LogP contribution in [0.5, 0.6) is 17.5 Å². The van der Waals surface area contributed by atoms with Crippen molar-refractivity contribution < 1.29 is 14.3 Å². The van der Waals surface area contributed by atoms with Crippen molar-refractivity contribution in [2.45, 2.75) is 6.92 Å². The molecule has 2 heterocycles. The van der Waals surface area contributed by atoms with E-state index >= 15 is 0 Å². The van der Waals surface area contributed by atoms with Gasteiger partial charge in [0.15, 0.2) is 0 Å². The second-order valence-corrected chi connectivity index (χ2v) is 6.30. The summed E-state index contributed by atoms with van der Waals surface area (Å²) in [4.78, 5) is 25.4. The number of fused-ring (bicyclic) bond motifs is 1. The standard InChI is InChI=1S/C22H18N4O3/c1-14-19(11-15-7-8-17(28-2)13-20(15)25-14)21(27)26-16-5-3-6-18(12-16)29-22-23-9-4-10-24-22/h3-13H,1-2H3,(H,26,27). The lowest BCUT2D eigenvalue weighted by molar-refractivity contribution is 0.102. The Kier molecular flexibility index (Phi) is 5.03. The van der Waals surface area contributed by atoms with Gasteiger partial charge in [-0.2, -0.15) is 0 Å². The van der Waals surface area contributed by atoms with Crippen LogP contribution in [0.1, 0.15) is 16.1 Å². The molecule has 1 N–H and O–H groups in total. The van der Waals surface area contributed by atoms with Crippen molar-refractivity contribution in [2.75, 3.05) is 12.4 Å². The number of carbonyl (C=O) groups is 1. The molecule has 29 heavy (non-hydrogen) atoms. The molecule has 0 fully saturated rings. The topological polar surface area (TPSA) is 86.2 Å². The lowest BCUT2D eigenvalue weighted by Gasteiger charge is -2.10. The van der Waals surface area contributed by atoms with Gasteiger partial charge in [0.2, 0.25) is 0 Å². The Morgan fingerprint density at radius 3 is 2.59 bits per heavy atom. The third-order valence-corrected chi connectivity index (χ3v) is 4.30. The van der Waals surface area contributed by atoms with E-state index in [9.17, 15) is 4.79 Å². The smallest absolute Gasteiger partial charge is 0.321 e. The minimum absolute atomic E-state index is 0.237. The van der Waals surface area contributed by atoms with Crippen LogP contribution in [0.2, 0.25) is 0 Å². The fourth-order valence-corrected chi connectivity index (χ4v) is 2.88. The van der Waals surface area contributed by atoms with Crippen molar-refractivity contribution in [3.63, 3.8) is 0 Å². The van der Waals surface area contributed by atoms with Crippen molar-refractivity contribution in [1.29, 1.82) is 0 Å². The molecule has 0 unspecified atom stereocenters. The summed E-state index contributed by atoms with van der Waals surface area (Å²) in [5.41, 5.74) is 2.50. The molecule has 7 heteroatoms. The summed E-state index contributed by atoms with van der Waals surface area (Å²) in [7, 11) is 1.61. The number of aromatic nitrogens is 3. The Labute approximate surface area is 167 Å². The molecule has 0 saturated carbocycles. The van der Waals surface area contributed by atoms with Crippen LogP contribution >= 0.6 is 0 Å². The van der Waals surface area contributed by atoms with E-state index in [0.29, 0.717) is 22.7 Å². The Morgan fingerprint density at radius 2 is 1.79 bits per heavy atom. The van der Waals surface area contributed by atoms with E-state index < -0.39 is 0 Å². The number of rotatable bonds is 5. The minimum Gasteiger partial charge on any atom is -0.497 e. The van der Waals surface area contributed by atoms with Gasteiger partial charge in [-0.15, -0.1) is 0 Å². The molecule has 0 spiro atoms. The molecule has 4 rings (SSSR count). The summed E-state index contributed by atoms with van der Waals surface area (Å²) in [5.74, 6) is 0.996. The van der Waals surface area contributed by atoms with Crippen LogP contribution in [-0.2, 0) is 0 Å². The monoisotopic (exact) mass is 386 g/mol. The molecule has 1 amide bonds. The lowest BCUT2D eigenvalue weighted by atomic mass is 10.1. The van der Waals surface area contributed by atoms with Gasteiger partial charge in [-0.1, -0.05) is 6.07 Å². The molecule has 0 bridgehead atoms. The van der Waals surface area contributed by atoms with Crippen molar-refractivity contribution in [2.24, 2.45) is 0 Å². The number of ether oxygens (including phenoxy) is 2. The summed E-state index contributed by atoms with van der Waals surface area (Å²) in [6, 6.07) is 16.4. The number of benzene rings is 2. The third kappa shape index (κ3) is 4.14. The van der Waals surface area contributed by atoms with Gasteiger partial charge in [0.05, 0.1) is 23.9 Å². The molecule has 0 radical (unpaired) electrons. The largest absolute Gasteiger partial charge is 0.497 e. The summed E-state index contributed by atoms with van der Waals surface area (Å²) in [6.07, 6.45) is 3.19. The number of nitrogens with zero attached hydrogens (tertiary/aromatic N) is 3. The van der Waals surface area contributed by atoms with Crippen LogP contribution in [0.3, 0.4) is 0 Å². The quantitative estimate of drug-likeness (QED) is 0.548. The molecule has 0 saturated heterocycles. The maximum atomic E-state index is 12.8. The van der Waals surface area contributed by atoms with E-state index in [1.807, 2.05) is 24.3 Å². The summed E-state index contributed by atoms with van der Waals surface area (Å²) >= 11 is 0. The van der Waals surface area contributed by atoms with Gasteiger partial charge in [-0.3, -0.25) is 9.78 Å². The third-order valence-electron chi connectivity index (χ3n) is 4.30. The zero-order valence-corrected chi connectivity index (χ0v) is 15.9. The maximum absolute atomic E-state index is 12.8. The molecular formula is C22H18N4O3. The molecule has 4 aromatic rings. The molecule has 0 aliphatic rings. The van der Waals surface area contributed by atoms with E-state index in [1.54, 1.807) is 56.8 Å². The average Bonchev–Trinajstić information content (AvgIpc) is 2.73. The number of methoxy groups -OCH3 is 1. The van der Waals surface area contributed by atoms with Crippen molar-refractivity contribution in [3.05, 3.63) is 78.2 Å². The number of carbonyl (C=O) groups excluding carboxylic acids is 1. The van der Waals surface area contributed by atoms with Gasteiger partial charge in [0.1, 0.15) is 11.5 Å². The van der Waals surface area contributed by atoms with Gasteiger partial charge < -0.3 is 14.8 Å². The lowest BCUT2D eigenvalue weighted by Crippen LogP contribution is -2.14. The number of hydrogen-bond donors (Lipinski definition) is 1. The Hall–Kier alpha value is -4.00. The maximum Gasteiger partial charge on any atom is 0.321 e. The van der Waals surface area contributed by atoms with Gasteiger partial charge in [-0.05, 0) is 43.3 Å². The number of aryl methyl sites for hydroxylation is 1. The van der Waals surface area contributed by atoms with Gasteiger partial charge in [0.25, 0.3) is 5.91 Å². The van der Waals surface area contributed by atoms with E-state index in [2.05, 4.69) is 20.3 Å². The Balaban J connectivity index is 1.56. The Morgan fingerprint density at radius 1 is 0.966 bits per heavy atom. The van der Waals surface area contributed by atoms with Crippen molar-refractivity contribution in [1.82, 2.24) is 15.0 Å². The Bertz CT molecular complexity index is 1180. The second-order valence-electron chi connectivity index (χ2n) is 6.30. The number of pyridine rings is 1. The fraction of sp³-hybridized carbons (Fsp3) is 0.0909. The first-order valence-electron chi connectivity index (χ1n) is 8.94. The highest BCUT2D eigenvalue weighted by Crippen LogP contribution is 2.24. The van der Waals surface area contributed by atoms with Crippen LogP contribution in [0.4, 0.5) is 5.69 Å². The molecule has 2 aromatic heterocycles. The van der Waals surface area contributed by atoms with Crippen molar-refractivity contribution >= 4 is 22.5 Å². The highest BCUT2D eigenvalue weighted by molar-refractivity contribution is 6.06. The predicted molar refractivity (Wildman–Crippen MR) is 110 cm³/mol. The first kappa shape index (κ1) is 18.4. The highest BCUT2D eigenvalue weighted by atomic mass is 16.5. The van der Waals surface area contributed by atoms with Crippen molar-refractivity contribution in [3.8, 4) is 17.5 Å². The van der Waals surface area contributed by atoms with Gasteiger partial charge in [0, 0.05) is 35.6 Å². The van der Waals surface area contributed by atoms with Crippen LogP contribution in [0, 0.1) is 6.92 Å². The number of anilines is 1. The highest BCUT2D eigenvalue weighted by Gasteiger charge is 2.13. The summed E-state index contributed by atoms with van der Waals surface area (Å²) in [6.45, 7) is 1.81. The normalized spacial score (nSPS) is 10.6. The van der Waals surface area contributed by atoms with Gasteiger partial charge >= 0.3 is 6.01 Å².